The van der Waals surface area contributed by atoms with Crippen LogP contribution in [0, 0.1) is 11.8 Å². The highest BCUT2D eigenvalue weighted by Gasteiger charge is 2.42. The molecule has 1 aromatic carbocycles. The van der Waals surface area contributed by atoms with Crippen molar-refractivity contribution in [3.8, 4) is 0 Å². The quantitative estimate of drug-likeness (QED) is 0.471. The van der Waals surface area contributed by atoms with Crippen LogP contribution in [0.1, 0.15) is 36.9 Å². The fraction of sp³-hybridized carbons (Fsp3) is 0.500. The minimum atomic E-state index is -0.585. The lowest BCUT2D eigenvalue weighted by atomic mass is 9.82. The molecule has 0 saturated carbocycles. The molecule has 0 spiro atoms. The molecular weight excluding hydrogens is 418 g/mol. The largest absolute Gasteiger partial charge is 0.381 e. The summed E-state index contributed by atoms with van der Waals surface area (Å²) in [5.41, 5.74) is 17.9. The minimum absolute atomic E-state index is 0.327. The Hall–Kier alpha value is -2.72. The number of aromatic nitrogens is 3. The number of nitrogens with zero attached hydrogens (tertiary/aromatic N) is 3. The molecule has 33 heavy (non-hydrogen) atoms. The molecule has 5 N–H and O–H groups in total. The Kier molecular flexibility index (Phi) is 5.41. The van der Waals surface area contributed by atoms with E-state index in [1.807, 2.05) is 16.6 Å². The van der Waals surface area contributed by atoms with Crippen LogP contribution in [-0.4, -0.2) is 41.0 Å². The molecule has 1 unspecified atom stereocenters. The van der Waals surface area contributed by atoms with Gasteiger partial charge in [0.15, 0.2) is 5.65 Å². The second-order valence-electron chi connectivity index (χ2n) is 9.37. The molecule has 1 atom stereocenters. The zero-order valence-electron chi connectivity index (χ0n) is 18.7. The van der Waals surface area contributed by atoms with Crippen molar-refractivity contribution in [2.24, 2.45) is 17.6 Å². The SMILES string of the molecule is NC1(C2CCOCC2)NNc2cc(Nc3nc4cccc(CC5CCOCC5)n4n3)ccc21. The molecule has 9 heteroatoms. The van der Waals surface area contributed by atoms with E-state index in [0.717, 1.165) is 81.1 Å². The Balaban J connectivity index is 1.22. The average Bonchev–Trinajstić information content (AvgIpc) is 3.42. The number of benzene rings is 1. The van der Waals surface area contributed by atoms with Gasteiger partial charge in [-0.2, -0.15) is 4.98 Å². The van der Waals surface area contributed by atoms with E-state index in [-0.39, 0.29) is 0 Å². The molecule has 2 saturated heterocycles. The van der Waals surface area contributed by atoms with Gasteiger partial charge in [-0.1, -0.05) is 12.1 Å². The maximum absolute atomic E-state index is 6.81. The maximum Gasteiger partial charge on any atom is 0.247 e. The molecule has 9 nitrogen and oxygen atoms in total. The van der Waals surface area contributed by atoms with E-state index in [2.05, 4.69) is 40.4 Å². The van der Waals surface area contributed by atoms with Crippen molar-refractivity contribution in [1.82, 2.24) is 20.0 Å². The first-order chi connectivity index (χ1) is 16.2. The lowest BCUT2D eigenvalue weighted by molar-refractivity contribution is 0.0324. The van der Waals surface area contributed by atoms with E-state index in [0.29, 0.717) is 17.8 Å². The summed E-state index contributed by atoms with van der Waals surface area (Å²) in [6.07, 6.45) is 5.09. The number of ether oxygens (including phenoxy) is 2. The smallest absolute Gasteiger partial charge is 0.247 e. The molecule has 0 aliphatic carbocycles. The average molecular weight is 450 g/mol. The van der Waals surface area contributed by atoms with E-state index in [1.165, 1.54) is 5.69 Å². The number of hydrogen-bond donors (Lipinski definition) is 4. The van der Waals surface area contributed by atoms with E-state index in [1.54, 1.807) is 0 Å². The Morgan fingerprint density at radius 1 is 1.06 bits per heavy atom. The van der Waals surface area contributed by atoms with E-state index in [4.69, 9.17) is 25.3 Å². The minimum Gasteiger partial charge on any atom is -0.381 e. The lowest BCUT2D eigenvalue weighted by Gasteiger charge is -2.36. The predicted molar refractivity (Wildman–Crippen MR) is 126 cm³/mol. The van der Waals surface area contributed by atoms with Gasteiger partial charge in [0, 0.05) is 49.3 Å². The summed E-state index contributed by atoms with van der Waals surface area (Å²) in [4.78, 5) is 4.70. The highest BCUT2D eigenvalue weighted by atomic mass is 16.5. The van der Waals surface area contributed by atoms with Gasteiger partial charge in [0.05, 0.1) is 5.69 Å². The van der Waals surface area contributed by atoms with Crippen LogP contribution in [-0.2, 0) is 21.6 Å². The van der Waals surface area contributed by atoms with E-state index < -0.39 is 5.66 Å². The zero-order chi connectivity index (χ0) is 22.3. The van der Waals surface area contributed by atoms with Gasteiger partial charge in [0.25, 0.3) is 0 Å². The second-order valence-corrected chi connectivity index (χ2v) is 9.37. The third-order valence-electron chi connectivity index (χ3n) is 7.27. The normalized spacial score (nSPS) is 24.0. The fourth-order valence-electron chi connectivity index (χ4n) is 5.34. The Morgan fingerprint density at radius 3 is 2.67 bits per heavy atom. The molecule has 3 aliphatic rings. The molecule has 6 rings (SSSR count). The van der Waals surface area contributed by atoms with Gasteiger partial charge in [0.1, 0.15) is 5.66 Å². The first-order valence-corrected chi connectivity index (χ1v) is 11.9. The van der Waals surface area contributed by atoms with Gasteiger partial charge >= 0.3 is 0 Å². The highest BCUT2D eigenvalue weighted by molar-refractivity contribution is 5.68. The summed E-state index contributed by atoms with van der Waals surface area (Å²) in [5.74, 6) is 1.55. The van der Waals surface area contributed by atoms with Crippen LogP contribution >= 0.6 is 0 Å². The molecule has 0 bridgehead atoms. The van der Waals surface area contributed by atoms with Crippen LogP contribution in [0.5, 0.6) is 0 Å². The molecule has 2 fully saturated rings. The summed E-state index contributed by atoms with van der Waals surface area (Å²) in [5, 5.41) is 8.13. The van der Waals surface area contributed by atoms with Crippen LogP contribution in [0.3, 0.4) is 0 Å². The first kappa shape index (κ1) is 20.9. The number of fused-ring (bicyclic) bond motifs is 2. The maximum atomic E-state index is 6.81. The Labute approximate surface area is 193 Å². The molecular formula is C24H31N7O2. The summed E-state index contributed by atoms with van der Waals surface area (Å²) < 4.78 is 13.0. The van der Waals surface area contributed by atoms with Gasteiger partial charge in [-0.05, 0) is 62.3 Å². The zero-order valence-corrected chi connectivity index (χ0v) is 18.7. The summed E-state index contributed by atoms with van der Waals surface area (Å²) in [6, 6.07) is 12.4. The van der Waals surface area contributed by atoms with Crippen molar-refractivity contribution in [2.45, 2.75) is 37.8 Å². The van der Waals surface area contributed by atoms with Gasteiger partial charge < -0.3 is 25.9 Å². The van der Waals surface area contributed by atoms with Crippen molar-refractivity contribution >= 4 is 23.0 Å². The van der Waals surface area contributed by atoms with Crippen molar-refractivity contribution in [3.63, 3.8) is 0 Å². The van der Waals surface area contributed by atoms with Crippen molar-refractivity contribution in [2.75, 3.05) is 37.2 Å². The first-order valence-electron chi connectivity index (χ1n) is 11.9. The van der Waals surface area contributed by atoms with Crippen LogP contribution < -0.4 is 21.9 Å². The molecule has 0 radical (unpaired) electrons. The van der Waals surface area contributed by atoms with Crippen LogP contribution in [0.15, 0.2) is 36.4 Å². The van der Waals surface area contributed by atoms with E-state index in [9.17, 15) is 0 Å². The summed E-state index contributed by atoms with van der Waals surface area (Å²) in [6.45, 7) is 3.22. The third-order valence-corrected chi connectivity index (χ3v) is 7.27. The fourth-order valence-corrected chi connectivity index (χ4v) is 5.34. The number of nitrogens with one attached hydrogen (secondary N) is 3. The Morgan fingerprint density at radius 2 is 1.85 bits per heavy atom. The molecule has 5 heterocycles. The standard InChI is InChI=1S/C24H31N7O2/c25-24(17-8-12-33-13-9-17)20-5-4-18(15-21(20)28-30-24)26-23-27-22-3-1-2-19(31(22)29-23)14-16-6-10-32-11-7-16/h1-5,15-17,28,30H,6-14,25H2,(H,26,29). The van der Waals surface area contributed by atoms with Gasteiger partial charge in [0.2, 0.25) is 5.95 Å². The number of anilines is 3. The molecule has 0 amide bonds. The lowest BCUT2D eigenvalue weighted by Crippen LogP contribution is -2.55. The van der Waals surface area contributed by atoms with Gasteiger partial charge in [-0.15, -0.1) is 5.10 Å². The molecule has 3 aliphatic heterocycles. The van der Waals surface area contributed by atoms with Crippen LogP contribution in [0.25, 0.3) is 5.65 Å². The van der Waals surface area contributed by atoms with Gasteiger partial charge in [-0.25, -0.2) is 9.94 Å². The number of pyridine rings is 1. The molecule has 3 aromatic rings. The monoisotopic (exact) mass is 449 g/mol. The Bertz CT molecular complexity index is 1140. The van der Waals surface area contributed by atoms with Crippen LogP contribution in [0.2, 0.25) is 0 Å². The molecule has 2 aromatic heterocycles. The van der Waals surface area contributed by atoms with E-state index >= 15 is 0 Å². The summed E-state index contributed by atoms with van der Waals surface area (Å²) >= 11 is 0. The third kappa shape index (κ3) is 3.95. The number of rotatable bonds is 5. The molecule has 174 valence electrons. The summed E-state index contributed by atoms with van der Waals surface area (Å²) in [7, 11) is 0. The number of nitrogens with two attached hydrogens (primary N) is 1. The van der Waals surface area contributed by atoms with Gasteiger partial charge in [-0.3, -0.25) is 0 Å². The topological polar surface area (TPSA) is 111 Å². The van der Waals surface area contributed by atoms with Crippen molar-refractivity contribution < 1.29 is 9.47 Å². The van der Waals surface area contributed by atoms with Crippen molar-refractivity contribution in [1.29, 1.82) is 0 Å². The predicted octanol–water partition coefficient (Wildman–Crippen LogP) is 2.91. The highest BCUT2D eigenvalue weighted by Crippen LogP contribution is 2.40. The van der Waals surface area contributed by atoms with Crippen molar-refractivity contribution in [3.05, 3.63) is 47.7 Å². The second kappa shape index (κ2) is 8.57. The number of hydrogen-bond acceptors (Lipinski definition) is 8. The number of hydrazine groups is 1. The van der Waals surface area contributed by atoms with Crippen LogP contribution in [0.4, 0.5) is 17.3 Å².